The molecule has 126 valence electrons. The highest BCUT2D eigenvalue weighted by Gasteiger charge is 2.26. The van der Waals surface area contributed by atoms with E-state index in [1.54, 1.807) is 18.2 Å². The maximum absolute atomic E-state index is 10.6. The van der Waals surface area contributed by atoms with E-state index in [-0.39, 0.29) is 13.2 Å². The number of hydrogen-bond acceptors (Lipinski definition) is 5. The molecular weight excluding hydrogens is 280 g/mol. The molecule has 0 heterocycles. The van der Waals surface area contributed by atoms with E-state index >= 15 is 0 Å². The van der Waals surface area contributed by atoms with Gasteiger partial charge >= 0.3 is 0 Å². The molecule has 1 aromatic carbocycles. The minimum Gasteiger partial charge on any atom is -0.491 e. The van der Waals surface area contributed by atoms with Crippen molar-refractivity contribution in [1.29, 1.82) is 0 Å². The van der Waals surface area contributed by atoms with Crippen LogP contribution in [-0.2, 0) is 0 Å². The average Bonchev–Trinajstić information content (AvgIpc) is 2.52. The van der Waals surface area contributed by atoms with Crippen molar-refractivity contribution in [3.8, 4) is 5.75 Å². The Morgan fingerprint density at radius 2 is 1.86 bits per heavy atom. The highest BCUT2D eigenvalue weighted by atomic mass is 16.5. The standard InChI is InChI=1S/C17H30N2O3/c1-3-8-17(21,9-4-2)12-22-14-7-5-6-13(10-14)16(20)15(19)11-18/h5-7,10,15-16,20-21H,3-4,8-9,11-12,18-19H2,1-2H3/t15-,16+/m1/s1. The summed E-state index contributed by atoms with van der Waals surface area (Å²) in [5.41, 5.74) is 11.1. The number of benzene rings is 1. The van der Waals surface area contributed by atoms with Gasteiger partial charge in [-0.25, -0.2) is 0 Å². The lowest BCUT2D eigenvalue weighted by Gasteiger charge is -2.27. The second kappa shape index (κ2) is 9.10. The second-order valence-electron chi connectivity index (χ2n) is 5.93. The lowest BCUT2D eigenvalue weighted by molar-refractivity contribution is -0.0202. The molecule has 0 fully saturated rings. The first kappa shape index (κ1) is 18.9. The van der Waals surface area contributed by atoms with Gasteiger partial charge in [0, 0.05) is 12.6 Å². The fraction of sp³-hybridized carbons (Fsp3) is 0.647. The van der Waals surface area contributed by atoms with Gasteiger partial charge < -0.3 is 26.4 Å². The number of nitrogens with two attached hydrogens (primary N) is 2. The molecule has 0 unspecified atom stereocenters. The summed E-state index contributed by atoms with van der Waals surface area (Å²) >= 11 is 0. The third kappa shape index (κ3) is 5.57. The third-order valence-corrected chi connectivity index (χ3v) is 3.82. The Balaban J connectivity index is 2.73. The summed E-state index contributed by atoms with van der Waals surface area (Å²) in [5.74, 6) is 0.617. The van der Waals surface area contributed by atoms with E-state index in [0.717, 1.165) is 12.8 Å². The van der Waals surface area contributed by atoms with Gasteiger partial charge in [-0.15, -0.1) is 0 Å². The molecule has 0 spiro atoms. The van der Waals surface area contributed by atoms with Gasteiger partial charge in [-0.05, 0) is 30.5 Å². The van der Waals surface area contributed by atoms with Crippen LogP contribution in [0.1, 0.15) is 51.2 Å². The zero-order chi connectivity index (χ0) is 16.6. The zero-order valence-electron chi connectivity index (χ0n) is 13.7. The van der Waals surface area contributed by atoms with E-state index in [9.17, 15) is 10.2 Å². The van der Waals surface area contributed by atoms with E-state index in [0.29, 0.717) is 24.2 Å². The maximum Gasteiger partial charge on any atom is 0.119 e. The fourth-order valence-electron chi connectivity index (χ4n) is 2.58. The number of aliphatic hydroxyl groups excluding tert-OH is 1. The average molecular weight is 310 g/mol. The van der Waals surface area contributed by atoms with Crippen LogP contribution in [-0.4, -0.2) is 35.0 Å². The van der Waals surface area contributed by atoms with Crippen molar-refractivity contribution in [2.24, 2.45) is 11.5 Å². The highest BCUT2D eigenvalue weighted by Crippen LogP contribution is 2.24. The van der Waals surface area contributed by atoms with Crippen LogP contribution in [0.5, 0.6) is 5.75 Å². The van der Waals surface area contributed by atoms with E-state index < -0.39 is 17.7 Å². The molecule has 0 saturated carbocycles. The van der Waals surface area contributed by atoms with Crippen LogP contribution in [0.2, 0.25) is 0 Å². The Morgan fingerprint density at radius 3 is 2.41 bits per heavy atom. The fourth-order valence-corrected chi connectivity index (χ4v) is 2.58. The SMILES string of the molecule is CCCC(O)(CCC)COc1cccc([C@H](O)[C@H](N)CN)c1. The molecule has 0 aliphatic carbocycles. The summed E-state index contributed by atoms with van der Waals surface area (Å²) < 4.78 is 5.75. The molecule has 6 N–H and O–H groups in total. The molecule has 0 amide bonds. The van der Waals surface area contributed by atoms with E-state index in [1.807, 2.05) is 19.9 Å². The first-order valence-corrected chi connectivity index (χ1v) is 8.04. The molecule has 0 aliphatic rings. The Kier molecular flexibility index (Phi) is 7.82. The molecule has 2 atom stereocenters. The molecule has 0 bridgehead atoms. The molecule has 1 aromatic rings. The van der Waals surface area contributed by atoms with Crippen molar-refractivity contribution >= 4 is 0 Å². The minimum atomic E-state index is -0.821. The molecule has 0 radical (unpaired) electrons. The summed E-state index contributed by atoms with van der Waals surface area (Å²) in [6.07, 6.45) is 2.41. The lowest BCUT2D eigenvalue weighted by Crippen LogP contribution is -2.36. The van der Waals surface area contributed by atoms with Crippen molar-refractivity contribution in [2.45, 2.75) is 57.3 Å². The Hall–Kier alpha value is -1.14. The smallest absolute Gasteiger partial charge is 0.119 e. The van der Waals surface area contributed by atoms with E-state index in [4.69, 9.17) is 16.2 Å². The van der Waals surface area contributed by atoms with Crippen LogP contribution >= 0.6 is 0 Å². The van der Waals surface area contributed by atoms with Crippen LogP contribution in [0.25, 0.3) is 0 Å². The van der Waals surface area contributed by atoms with Crippen LogP contribution < -0.4 is 16.2 Å². The topological polar surface area (TPSA) is 102 Å². The number of rotatable bonds is 10. The van der Waals surface area contributed by atoms with Crippen molar-refractivity contribution in [3.63, 3.8) is 0 Å². The molecule has 5 heteroatoms. The van der Waals surface area contributed by atoms with Crippen LogP contribution in [0.15, 0.2) is 24.3 Å². The maximum atomic E-state index is 10.6. The number of ether oxygens (including phenoxy) is 1. The van der Waals surface area contributed by atoms with Gasteiger partial charge in [0.05, 0.1) is 11.7 Å². The van der Waals surface area contributed by atoms with Crippen molar-refractivity contribution in [3.05, 3.63) is 29.8 Å². The largest absolute Gasteiger partial charge is 0.491 e. The summed E-state index contributed by atoms with van der Waals surface area (Å²) in [6.45, 7) is 4.55. The van der Waals surface area contributed by atoms with Crippen molar-refractivity contribution in [1.82, 2.24) is 0 Å². The van der Waals surface area contributed by atoms with Crippen LogP contribution in [0.4, 0.5) is 0 Å². The molecule has 0 saturated heterocycles. The Labute approximate surface area is 133 Å². The normalized spacial score (nSPS) is 14.6. The van der Waals surface area contributed by atoms with Gasteiger partial charge in [-0.1, -0.05) is 38.8 Å². The summed E-state index contributed by atoms with van der Waals surface area (Å²) in [6, 6.07) is 6.64. The van der Waals surface area contributed by atoms with Crippen LogP contribution in [0.3, 0.4) is 0 Å². The van der Waals surface area contributed by atoms with Gasteiger partial charge in [-0.3, -0.25) is 0 Å². The molecule has 22 heavy (non-hydrogen) atoms. The summed E-state index contributed by atoms with van der Waals surface area (Å²) in [4.78, 5) is 0. The highest BCUT2D eigenvalue weighted by molar-refractivity contribution is 5.30. The number of hydrogen-bond donors (Lipinski definition) is 4. The van der Waals surface area contributed by atoms with E-state index in [1.165, 1.54) is 0 Å². The second-order valence-corrected chi connectivity index (χ2v) is 5.93. The molecule has 5 nitrogen and oxygen atoms in total. The monoisotopic (exact) mass is 310 g/mol. The van der Waals surface area contributed by atoms with Crippen LogP contribution in [0, 0.1) is 0 Å². The molecule has 0 aromatic heterocycles. The zero-order valence-corrected chi connectivity index (χ0v) is 13.7. The van der Waals surface area contributed by atoms with Gasteiger partial charge in [0.25, 0.3) is 0 Å². The molecular formula is C17H30N2O3. The van der Waals surface area contributed by atoms with Gasteiger partial charge in [0.15, 0.2) is 0 Å². The van der Waals surface area contributed by atoms with Crippen molar-refractivity contribution in [2.75, 3.05) is 13.2 Å². The Bertz CT molecular complexity index is 434. The first-order valence-electron chi connectivity index (χ1n) is 8.04. The minimum absolute atomic E-state index is 0.207. The summed E-state index contributed by atoms with van der Waals surface area (Å²) in [5, 5.41) is 20.7. The molecule has 0 aliphatic heterocycles. The van der Waals surface area contributed by atoms with Gasteiger partial charge in [-0.2, -0.15) is 0 Å². The van der Waals surface area contributed by atoms with Gasteiger partial charge in [0.1, 0.15) is 12.4 Å². The Morgan fingerprint density at radius 1 is 1.23 bits per heavy atom. The van der Waals surface area contributed by atoms with E-state index in [2.05, 4.69) is 0 Å². The lowest BCUT2D eigenvalue weighted by atomic mass is 9.94. The molecule has 1 rings (SSSR count). The number of aliphatic hydroxyl groups is 2. The van der Waals surface area contributed by atoms with Gasteiger partial charge in [0.2, 0.25) is 0 Å². The predicted octanol–water partition coefficient (Wildman–Crippen LogP) is 1.72. The summed E-state index contributed by atoms with van der Waals surface area (Å²) in [7, 11) is 0. The quantitative estimate of drug-likeness (QED) is 0.527. The van der Waals surface area contributed by atoms with Crippen molar-refractivity contribution < 1.29 is 14.9 Å². The third-order valence-electron chi connectivity index (χ3n) is 3.82. The first-order chi connectivity index (χ1) is 10.5. The predicted molar refractivity (Wildman–Crippen MR) is 88.7 cm³/mol.